The highest BCUT2D eigenvalue weighted by Gasteiger charge is 2.29. The van der Waals surface area contributed by atoms with E-state index in [-0.39, 0.29) is 6.04 Å². The summed E-state index contributed by atoms with van der Waals surface area (Å²) in [6.45, 7) is 5.95. The van der Waals surface area contributed by atoms with Crippen LogP contribution < -0.4 is 10.1 Å². The van der Waals surface area contributed by atoms with Crippen molar-refractivity contribution in [1.82, 2.24) is 20.4 Å². The quantitative estimate of drug-likeness (QED) is 0.869. The van der Waals surface area contributed by atoms with Crippen LogP contribution in [0.25, 0.3) is 0 Å². The monoisotopic (exact) mass is 332 g/mol. The Morgan fingerprint density at radius 3 is 2.71 bits per heavy atom. The van der Waals surface area contributed by atoms with E-state index in [1.807, 2.05) is 26.0 Å². The third-order valence-electron chi connectivity index (χ3n) is 4.27. The van der Waals surface area contributed by atoms with Crippen LogP contribution in [0.15, 0.2) is 16.7 Å². The van der Waals surface area contributed by atoms with E-state index in [0.29, 0.717) is 24.2 Å². The molecule has 2 aromatic rings. The maximum Gasteiger partial charge on any atom is 0.244 e. The van der Waals surface area contributed by atoms with E-state index >= 15 is 0 Å². The number of hydrogen-bond donors (Lipinski definition) is 1. The van der Waals surface area contributed by atoms with Crippen molar-refractivity contribution in [3.63, 3.8) is 0 Å². The van der Waals surface area contributed by atoms with Crippen LogP contribution in [0, 0.1) is 19.8 Å². The lowest BCUT2D eigenvalue weighted by Gasteiger charge is -2.28. The van der Waals surface area contributed by atoms with E-state index in [0.717, 1.165) is 43.2 Å². The first kappa shape index (κ1) is 16.9. The molecule has 7 nitrogen and oxygen atoms in total. The number of nitrogens with one attached hydrogen (secondary N) is 1. The summed E-state index contributed by atoms with van der Waals surface area (Å²) in [6.07, 6.45) is 1.95. The van der Waals surface area contributed by atoms with Crippen LogP contribution in [0.3, 0.4) is 0 Å². The molecule has 1 saturated heterocycles. The molecule has 0 aliphatic carbocycles. The lowest BCUT2D eigenvalue weighted by molar-refractivity contribution is 0.0485. The van der Waals surface area contributed by atoms with E-state index < -0.39 is 0 Å². The van der Waals surface area contributed by atoms with Crippen LogP contribution in [-0.2, 0) is 11.3 Å². The third-order valence-corrected chi connectivity index (χ3v) is 4.27. The number of rotatable bonds is 6. The van der Waals surface area contributed by atoms with Crippen molar-refractivity contribution < 1.29 is 14.0 Å². The fourth-order valence-corrected chi connectivity index (χ4v) is 3.07. The van der Waals surface area contributed by atoms with Gasteiger partial charge in [-0.3, -0.25) is 10.3 Å². The van der Waals surface area contributed by atoms with Gasteiger partial charge in [0, 0.05) is 37.6 Å². The normalized spacial score (nSPS) is 17.0. The Morgan fingerprint density at radius 2 is 2.04 bits per heavy atom. The fourth-order valence-electron chi connectivity index (χ4n) is 3.07. The van der Waals surface area contributed by atoms with Gasteiger partial charge in [-0.2, -0.15) is 4.98 Å². The van der Waals surface area contributed by atoms with E-state index in [4.69, 9.17) is 14.0 Å². The predicted octanol–water partition coefficient (Wildman–Crippen LogP) is 2.35. The van der Waals surface area contributed by atoms with E-state index in [9.17, 15) is 0 Å². The average molecular weight is 332 g/mol. The van der Waals surface area contributed by atoms with Crippen LogP contribution in [-0.4, -0.2) is 35.4 Å². The van der Waals surface area contributed by atoms with Crippen LogP contribution in [0.2, 0.25) is 0 Å². The number of aryl methyl sites for hydroxylation is 2. The molecule has 0 spiro atoms. The summed E-state index contributed by atoms with van der Waals surface area (Å²) in [5.41, 5.74) is 1.86. The maximum absolute atomic E-state index is 5.48. The number of nitrogens with zero attached hydrogens (tertiary/aromatic N) is 3. The summed E-state index contributed by atoms with van der Waals surface area (Å²) in [7, 11) is 1.66. The highest BCUT2D eigenvalue weighted by Crippen LogP contribution is 2.29. The first-order valence-electron chi connectivity index (χ1n) is 8.28. The molecule has 3 heterocycles. The van der Waals surface area contributed by atoms with Gasteiger partial charge in [0.25, 0.3) is 0 Å². The van der Waals surface area contributed by atoms with Crippen molar-refractivity contribution in [2.24, 2.45) is 5.92 Å². The number of ether oxygens (including phenoxy) is 2. The summed E-state index contributed by atoms with van der Waals surface area (Å²) in [5, 5.41) is 7.48. The minimum absolute atomic E-state index is 0.00315. The molecule has 1 N–H and O–H groups in total. The van der Waals surface area contributed by atoms with Crippen molar-refractivity contribution in [3.05, 3.63) is 35.2 Å². The second-order valence-electron chi connectivity index (χ2n) is 6.13. The number of hydrogen-bond acceptors (Lipinski definition) is 7. The number of aromatic nitrogens is 3. The first-order valence-corrected chi connectivity index (χ1v) is 8.28. The van der Waals surface area contributed by atoms with Gasteiger partial charge in [0.2, 0.25) is 5.89 Å². The van der Waals surface area contributed by atoms with Crippen molar-refractivity contribution in [3.8, 4) is 5.75 Å². The van der Waals surface area contributed by atoms with Gasteiger partial charge in [-0.25, -0.2) is 0 Å². The number of pyridine rings is 1. The van der Waals surface area contributed by atoms with Gasteiger partial charge >= 0.3 is 0 Å². The molecule has 0 bridgehead atoms. The van der Waals surface area contributed by atoms with Crippen molar-refractivity contribution in [2.75, 3.05) is 20.3 Å². The van der Waals surface area contributed by atoms with Gasteiger partial charge in [-0.15, -0.1) is 0 Å². The van der Waals surface area contributed by atoms with Crippen molar-refractivity contribution in [1.29, 1.82) is 0 Å². The summed E-state index contributed by atoms with van der Waals surface area (Å²) < 4.78 is 16.2. The standard InChI is InChI=1S/C17H24N4O3/c1-11-8-15(22-3)9-14(19-11)10-18-16(13-4-6-23-7-5-13)17-20-12(2)21-24-17/h8-9,13,16,18H,4-7,10H2,1-3H3/t16-/m0/s1. The summed E-state index contributed by atoms with van der Waals surface area (Å²) >= 11 is 0. The zero-order valence-corrected chi connectivity index (χ0v) is 14.4. The van der Waals surface area contributed by atoms with E-state index in [1.54, 1.807) is 7.11 Å². The molecule has 1 aliphatic heterocycles. The van der Waals surface area contributed by atoms with Gasteiger partial charge in [0.15, 0.2) is 5.82 Å². The Balaban J connectivity index is 1.75. The molecular formula is C17H24N4O3. The van der Waals surface area contributed by atoms with Crippen LogP contribution in [0.4, 0.5) is 0 Å². The molecular weight excluding hydrogens is 308 g/mol. The average Bonchev–Trinajstić information content (AvgIpc) is 3.01. The van der Waals surface area contributed by atoms with Gasteiger partial charge < -0.3 is 14.0 Å². The van der Waals surface area contributed by atoms with Crippen molar-refractivity contribution >= 4 is 0 Å². The van der Waals surface area contributed by atoms with Crippen molar-refractivity contribution in [2.45, 2.75) is 39.3 Å². The smallest absolute Gasteiger partial charge is 0.244 e. The Morgan fingerprint density at radius 1 is 1.25 bits per heavy atom. The van der Waals surface area contributed by atoms with Gasteiger partial charge in [0.05, 0.1) is 18.8 Å². The summed E-state index contributed by atoms with van der Waals surface area (Å²) in [6, 6.07) is 3.87. The van der Waals surface area contributed by atoms with Gasteiger partial charge in [0.1, 0.15) is 5.75 Å². The third kappa shape index (κ3) is 4.10. The SMILES string of the molecule is COc1cc(C)nc(CN[C@H](c2nc(C)no2)C2CCOCC2)c1. The zero-order chi connectivity index (χ0) is 16.9. The summed E-state index contributed by atoms with van der Waals surface area (Å²) in [5.74, 6) is 2.51. The molecule has 1 aliphatic rings. The molecule has 1 fully saturated rings. The molecule has 0 unspecified atom stereocenters. The van der Waals surface area contributed by atoms with Crippen LogP contribution in [0.1, 0.15) is 42.0 Å². The minimum Gasteiger partial charge on any atom is -0.497 e. The highest BCUT2D eigenvalue weighted by molar-refractivity contribution is 5.26. The van der Waals surface area contributed by atoms with E-state index in [2.05, 4.69) is 20.4 Å². The van der Waals surface area contributed by atoms with Crippen LogP contribution >= 0.6 is 0 Å². The highest BCUT2D eigenvalue weighted by atomic mass is 16.5. The topological polar surface area (TPSA) is 82.3 Å². The molecule has 7 heteroatoms. The fraction of sp³-hybridized carbons (Fsp3) is 0.588. The molecule has 0 aromatic carbocycles. The Labute approximate surface area is 141 Å². The molecule has 2 aromatic heterocycles. The molecule has 0 amide bonds. The second kappa shape index (κ2) is 7.72. The van der Waals surface area contributed by atoms with E-state index in [1.165, 1.54) is 0 Å². The second-order valence-corrected chi connectivity index (χ2v) is 6.13. The first-order chi connectivity index (χ1) is 11.7. The Kier molecular flexibility index (Phi) is 5.42. The van der Waals surface area contributed by atoms with Gasteiger partial charge in [-0.1, -0.05) is 5.16 Å². The molecule has 0 radical (unpaired) electrons. The molecule has 130 valence electrons. The molecule has 1 atom stereocenters. The lowest BCUT2D eigenvalue weighted by atomic mass is 9.91. The molecule has 3 rings (SSSR count). The van der Waals surface area contributed by atoms with Crippen LogP contribution in [0.5, 0.6) is 5.75 Å². The predicted molar refractivity (Wildman–Crippen MR) is 87.7 cm³/mol. The minimum atomic E-state index is 0.00315. The van der Waals surface area contributed by atoms with Gasteiger partial charge in [-0.05, 0) is 32.6 Å². The Bertz CT molecular complexity index is 668. The maximum atomic E-state index is 5.48. The Hall–Kier alpha value is -1.99. The molecule has 24 heavy (non-hydrogen) atoms. The summed E-state index contributed by atoms with van der Waals surface area (Å²) in [4.78, 5) is 8.99. The largest absolute Gasteiger partial charge is 0.497 e. The molecule has 0 saturated carbocycles. The lowest BCUT2D eigenvalue weighted by Crippen LogP contribution is -2.32. The number of methoxy groups -OCH3 is 1. The zero-order valence-electron chi connectivity index (χ0n) is 14.4.